The fraction of sp³-hybridized carbons (Fsp3) is 0.333. The molecule has 0 aliphatic heterocycles. The molecule has 0 aliphatic carbocycles. The van der Waals surface area contributed by atoms with Crippen molar-refractivity contribution in [3.63, 3.8) is 0 Å². The van der Waals surface area contributed by atoms with Gasteiger partial charge in [-0.05, 0) is 40.5 Å². The lowest BCUT2D eigenvalue weighted by atomic mass is 10.2. The third kappa shape index (κ3) is 4.23. The van der Waals surface area contributed by atoms with Gasteiger partial charge in [0.1, 0.15) is 0 Å². The van der Waals surface area contributed by atoms with Crippen molar-refractivity contribution in [2.24, 2.45) is 5.73 Å². The van der Waals surface area contributed by atoms with Crippen LogP contribution in [0.5, 0.6) is 0 Å². The van der Waals surface area contributed by atoms with Crippen LogP contribution < -0.4 is 5.73 Å². The Hall–Kier alpha value is -0.650. The summed E-state index contributed by atoms with van der Waals surface area (Å²) in [6, 6.07) is 5.11. The van der Waals surface area contributed by atoms with Crippen LogP contribution in [0.25, 0.3) is 0 Å². The highest BCUT2D eigenvalue weighted by Crippen LogP contribution is 2.22. The number of thiocarbonyl (C=S) groups is 1. The largest absolute Gasteiger partial charge is 0.392 e. The van der Waals surface area contributed by atoms with Crippen molar-refractivity contribution in [3.8, 4) is 0 Å². The first kappa shape index (κ1) is 15.4. The number of hydrogen-bond donors (Lipinski definition) is 1. The Morgan fingerprint density at radius 1 is 1.56 bits per heavy atom. The van der Waals surface area contributed by atoms with Crippen molar-refractivity contribution < 1.29 is 4.79 Å². The van der Waals surface area contributed by atoms with Gasteiger partial charge in [-0.3, -0.25) is 4.79 Å². The standard InChI is InChI=1S/C12H14BrClN2OS/c1-2-5-16(7-11(15)18)12(17)9-6-8(14)3-4-10(9)13/h3-4,6H,2,5,7H2,1H3,(H2,15,18). The molecule has 0 spiro atoms. The molecule has 0 aliphatic rings. The predicted octanol–water partition coefficient (Wildman–Crippen LogP) is 3.24. The van der Waals surface area contributed by atoms with Crippen molar-refractivity contribution in [1.29, 1.82) is 0 Å². The van der Waals surface area contributed by atoms with Gasteiger partial charge in [0.05, 0.1) is 17.1 Å². The lowest BCUT2D eigenvalue weighted by Gasteiger charge is -2.22. The van der Waals surface area contributed by atoms with Crippen molar-refractivity contribution >= 4 is 50.6 Å². The molecule has 0 fully saturated rings. The van der Waals surface area contributed by atoms with E-state index in [0.717, 1.165) is 6.42 Å². The third-order valence-electron chi connectivity index (χ3n) is 2.29. The molecule has 0 bridgehead atoms. The summed E-state index contributed by atoms with van der Waals surface area (Å²) in [5, 5.41) is 0.522. The number of benzene rings is 1. The maximum Gasteiger partial charge on any atom is 0.255 e. The van der Waals surface area contributed by atoms with Gasteiger partial charge >= 0.3 is 0 Å². The topological polar surface area (TPSA) is 46.3 Å². The maximum atomic E-state index is 12.4. The molecule has 2 N–H and O–H groups in total. The average molecular weight is 350 g/mol. The molecule has 0 radical (unpaired) electrons. The number of amides is 1. The minimum Gasteiger partial charge on any atom is -0.392 e. The number of rotatable bonds is 5. The first-order valence-electron chi connectivity index (χ1n) is 5.48. The number of nitrogens with two attached hydrogens (primary N) is 1. The molecule has 0 saturated carbocycles. The van der Waals surface area contributed by atoms with E-state index in [-0.39, 0.29) is 12.5 Å². The second-order valence-corrected chi connectivity index (χ2v) is 5.63. The van der Waals surface area contributed by atoms with Gasteiger partial charge < -0.3 is 10.6 Å². The number of hydrogen-bond acceptors (Lipinski definition) is 2. The molecule has 1 rings (SSSR count). The molecule has 98 valence electrons. The van der Waals surface area contributed by atoms with E-state index >= 15 is 0 Å². The highest BCUT2D eigenvalue weighted by Gasteiger charge is 2.18. The quantitative estimate of drug-likeness (QED) is 0.830. The van der Waals surface area contributed by atoms with E-state index in [1.54, 1.807) is 23.1 Å². The predicted molar refractivity (Wildman–Crippen MR) is 82.1 cm³/mol. The van der Waals surface area contributed by atoms with E-state index in [4.69, 9.17) is 29.6 Å². The molecule has 6 heteroatoms. The summed E-state index contributed by atoms with van der Waals surface area (Å²) in [6.07, 6.45) is 0.840. The zero-order valence-corrected chi connectivity index (χ0v) is 13.1. The van der Waals surface area contributed by atoms with E-state index in [1.165, 1.54) is 0 Å². The summed E-state index contributed by atoms with van der Waals surface area (Å²) in [5.41, 5.74) is 6.03. The van der Waals surface area contributed by atoms with E-state index in [1.807, 2.05) is 6.92 Å². The highest BCUT2D eigenvalue weighted by molar-refractivity contribution is 9.10. The summed E-state index contributed by atoms with van der Waals surface area (Å²) in [7, 11) is 0. The van der Waals surface area contributed by atoms with Crippen LogP contribution in [0.4, 0.5) is 0 Å². The average Bonchev–Trinajstić information content (AvgIpc) is 2.30. The molecule has 18 heavy (non-hydrogen) atoms. The summed E-state index contributed by atoms with van der Waals surface area (Å²) in [4.78, 5) is 14.3. The van der Waals surface area contributed by atoms with Crippen molar-refractivity contribution in [2.75, 3.05) is 13.1 Å². The first-order chi connectivity index (χ1) is 8.45. The summed E-state index contributed by atoms with van der Waals surface area (Å²) in [6.45, 7) is 2.88. The van der Waals surface area contributed by atoms with Gasteiger partial charge in [0, 0.05) is 16.0 Å². The fourth-order valence-corrected chi connectivity index (χ4v) is 2.29. The SMILES string of the molecule is CCCN(CC(N)=S)C(=O)c1cc(Cl)ccc1Br. The van der Waals surface area contributed by atoms with Crippen LogP contribution >= 0.6 is 39.7 Å². The monoisotopic (exact) mass is 348 g/mol. The molecule has 0 atom stereocenters. The molecule has 0 saturated heterocycles. The van der Waals surface area contributed by atoms with Gasteiger partial charge in [0.25, 0.3) is 5.91 Å². The molecule has 0 heterocycles. The van der Waals surface area contributed by atoms with Crippen molar-refractivity contribution in [3.05, 3.63) is 33.3 Å². The van der Waals surface area contributed by atoms with Crippen LogP contribution in [0.2, 0.25) is 5.02 Å². The molecule has 1 aromatic carbocycles. The zero-order valence-electron chi connectivity index (χ0n) is 9.95. The van der Waals surface area contributed by atoms with Crippen LogP contribution in [-0.2, 0) is 0 Å². The van der Waals surface area contributed by atoms with Gasteiger partial charge in [0.2, 0.25) is 0 Å². The van der Waals surface area contributed by atoms with Gasteiger partial charge in [-0.15, -0.1) is 0 Å². The minimum absolute atomic E-state index is 0.126. The van der Waals surface area contributed by atoms with Crippen LogP contribution in [0.1, 0.15) is 23.7 Å². The van der Waals surface area contributed by atoms with Gasteiger partial charge in [-0.2, -0.15) is 0 Å². The highest BCUT2D eigenvalue weighted by atomic mass is 79.9. The number of nitrogens with zero attached hydrogens (tertiary/aromatic N) is 1. The molecule has 1 amide bonds. The van der Waals surface area contributed by atoms with Gasteiger partial charge in [-0.25, -0.2) is 0 Å². The van der Waals surface area contributed by atoms with E-state index in [2.05, 4.69) is 15.9 Å². The summed E-state index contributed by atoms with van der Waals surface area (Å²) >= 11 is 14.1. The molecule has 0 unspecified atom stereocenters. The first-order valence-corrected chi connectivity index (χ1v) is 7.06. The van der Waals surface area contributed by atoms with Crippen LogP contribution in [0, 0.1) is 0 Å². The van der Waals surface area contributed by atoms with Crippen LogP contribution in [0.3, 0.4) is 0 Å². The number of carbonyl (C=O) groups is 1. The Kier molecular flexibility index (Phi) is 6.05. The smallest absolute Gasteiger partial charge is 0.255 e. The lowest BCUT2D eigenvalue weighted by molar-refractivity contribution is 0.0779. The Bertz CT molecular complexity index is 467. The molecule has 3 nitrogen and oxygen atoms in total. The Balaban J connectivity index is 3.01. The molecule has 1 aromatic rings. The van der Waals surface area contributed by atoms with E-state index in [0.29, 0.717) is 26.6 Å². The normalized spacial score (nSPS) is 10.2. The van der Waals surface area contributed by atoms with E-state index in [9.17, 15) is 4.79 Å². The summed E-state index contributed by atoms with van der Waals surface area (Å²) in [5.74, 6) is -0.126. The van der Waals surface area contributed by atoms with Gasteiger partial charge in [0.15, 0.2) is 0 Å². The fourth-order valence-electron chi connectivity index (χ4n) is 1.54. The number of carbonyl (C=O) groups excluding carboxylic acids is 1. The van der Waals surface area contributed by atoms with Gasteiger partial charge in [-0.1, -0.05) is 30.7 Å². The Morgan fingerprint density at radius 3 is 2.78 bits per heavy atom. The van der Waals surface area contributed by atoms with Crippen molar-refractivity contribution in [1.82, 2.24) is 4.90 Å². The Morgan fingerprint density at radius 2 is 2.22 bits per heavy atom. The summed E-state index contributed by atoms with van der Waals surface area (Å²) < 4.78 is 0.709. The van der Waals surface area contributed by atoms with Crippen molar-refractivity contribution in [2.45, 2.75) is 13.3 Å². The lowest BCUT2D eigenvalue weighted by Crippen LogP contribution is -2.38. The molecular weight excluding hydrogens is 336 g/mol. The Labute approximate surface area is 125 Å². The minimum atomic E-state index is -0.126. The van der Waals surface area contributed by atoms with E-state index < -0.39 is 0 Å². The third-order valence-corrected chi connectivity index (χ3v) is 3.34. The van der Waals surface area contributed by atoms with Crippen LogP contribution in [-0.4, -0.2) is 28.9 Å². The number of halogens is 2. The molecular formula is C12H14BrClN2OS. The maximum absolute atomic E-state index is 12.4. The zero-order chi connectivity index (χ0) is 13.7. The second-order valence-electron chi connectivity index (χ2n) is 3.82. The molecule has 0 aromatic heterocycles. The van der Waals surface area contributed by atoms with Crippen LogP contribution in [0.15, 0.2) is 22.7 Å². The second kappa shape index (κ2) is 7.07.